The van der Waals surface area contributed by atoms with Crippen LogP contribution in [0.25, 0.3) is 0 Å². The summed E-state index contributed by atoms with van der Waals surface area (Å²) >= 11 is 0. The van der Waals surface area contributed by atoms with Crippen LogP contribution in [0.5, 0.6) is 0 Å². The molecule has 0 aliphatic carbocycles. The zero-order valence-electron chi connectivity index (χ0n) is 7.12. The first-order chi connectivity index (χ1) is 6.36. The third-order valence-electron chi connectivity index (χ3n) is 1.38. The van der Waals surface area contributed by atoms with Crippen molar-refractivity contribution in [3.05, 3.63) is 29.6 Å². The highest BCUT2D eigenvalue weighted by Crippen LogP contribution is 1.96. The largest absolute Gasteiger partial charge is 0.330 e. The van der Waals surface area contributed by atoms with Gasteiger partial charge in [-0.1, -0.05) is 11.8 Å². The fourth-order valence-electron chi connectivity index (χ4n) is 0.771. The molecule has 0 aliphatic rings. The SMILES string of the molecule is N#Cc1ccc(C#CCCN)cn1. The van der Waals surface area contributed by atoms with Gasteiger partial charge in [-0.05, 0) is 12.1 Å². The van der Waals surface area contributed by atoms with Gasteiger partial charge in [0.1, 0.15) is 11.8 Å². The molecule has 3 heteroatoms. The molecule has 64 valence electrons. The standard InChI is InChI=1S/C10H9N3/c11-6-2-1-3-9-4-5-10(7-12)13-8-9/h4-5,8H,2,6,11H2. The van der Waals surface area contributed by atoms with Crippen molar-refractivity contribution in [3.63, 3.8) is 0 Å². The monoisotopic (exact) mass is 171 g/mol. The Hall–Kier alpha value is -1.84. The third-order valence-corrected chi connectivity index (χ3v) is 1.38. The summed E-state index contributed by atoms with van der Waals surface area (Å²) in [6.45, 7) is 0.566. The first-order valence-corrected chi connectivity index (χ1v) is 3.92. The van der Waals surface area contributed by atoms with Gasteiger partial charge in [-0.3, -0.25) is 0 Å². The smallest absolute Gasteiger partial charge is 0.140 e. The maximum absolute atomic E-state index is 8.48. The summed E-state index contributed by atoms with van der Waals surface area (Å²) in [6, 6.07) is 5.36. The molecule has 0 spiro atoms. The second-order valence-corrected chi connectivity index (χ2v) is 2.38. The minimum absolute atomic E-state index is 0.407. The summed E-state index contributed by atoms with van der Waals surface area (Å²) < 4.78 is 0. The van der Waals surface area contributed by atoms with Gasteiger partial charge in [-0.2, -0.15) is 5.26 Å². The Labute approximate surface area is 77.2 Å². The third kappa shape index (κ3) is 2.94. The van der Waals surface area contributed by atoms with Crippen molar-refractivity contribution in [1.29, 1.82) is 5.26 Å². The molecule has 0 unspecified atom stereocenters. The van der Waals surface area contributed by atoms with Gasteiger partial charge < -0.3 is 5.73 Å². The Morgan fingerprint density at radius 2 is 2.31 bits per heavy atom. The van der Waals surface area contributed by atoms with Crippen molar-refractivity contribution in [3.8, 4) is 17.9 Å². The van der Waals surface area contributed by atoms with E-state index in [0.29, 0.717) is 18.7 Å². The van der Waals surface area contributed by atoms with E-state index < -0.39 is 0 Å². The predicted octanol–water partition coefficient (Wildman–Crippen LogP) is 0.654. The van der Waals surface area contributed by atoms with Gasteiger partial charge in [0.2, 0.25) is 0 Å². The lowest BCUT2D eigenvalue weighted by atomic mass is 10.2. The summed E-state index contributed by atoms with van der Waals surface area (Å²) in [5.74, 6) is 5.79. The Morgan fingerprint density at radius 1 is 1.46 bits per heavy atom. The molecule has 0 saturated carbocycles. The van der Waals surface area contributed by atoms with E-state index in [0.717, 1.165) is 5.56 Å². The lowest BCUT2D eigenvalue weighted by Gasteiger charge is -1.88. The average molecular weight is 171 g/mol. The van der Waals surface area contributed by atoms with E-state index in [1.54, 1.807) is 18.3 Å². The molecule has 1 aromatic rings. The second-order valence-electron chi connectivity index (χ2n) is 2.38. The zero-order chi connectivity index (χ0) is 9.52. The number of nitrogens with two attached hydrogens (primary N) is 1. The van der Waals surface area contributed by atoms with Crippen LogP contribution < -0.4 is 5.73 Å². The molecule has 1 aromatic heterocycles. The molecule has 0 aliphatic heterocycles. The van der Waals surface area contributed by atoms with Crippen molar-refractivity contribution in [1.82, 2.24) is 4.98 Å². The minimum atomic E-state index is 0.407. The highest BCUT2D eigenvalue weighted by molar-refractivity contribution is 5.34. The number of aromatic nitrogens is 1. The van der Waals surface area contributed by atoms with Gasteiger partial charge >= 0.3 is 0 Å². The molecule has 0 aromatic carbocycles. The lowest BCUT2D eigenvalue weighted by Crippen LogP contribution is -1.95. The Balaban J connectivity index is 2.72. The Bertz CT molecular complexity index is 362. The summed E-state index contributed by atoms with van der Waals surface area (Å²) in [5, 5.41) is 8.48. The average Bonchev–Trinajstić information content (AvgIpc) is 2.19. The van der Waals surface area contributed by atoms with Crippen LogP contribution in [0, 0.1) is 23.2 Å². The van der Waals surface area contributed by atoms with Gasteiger partial charge in [-0.15, -0.1) is 0 Å². The van der Waals surface area contributed by atoms with Crippen LogP contribution in [0.3, 0.4) is 0 Å². The van der Waals surface area contributed by atoms with Crippen LogP contribution in [0.2, 0.25) is 0 Å². The van der Waals surface area contributed by atoms with E-state index in [1.807, 2.05) is 6.07 Å². The van der Waals surface area contributed by atoms with E-state index in [1.165, 1.54) is 0 Å². The lowest BCUT2D eigenvalue weighted by molar-refractivity contribution is 1.03. The predicted molar refractivity (Wildman–Crippen MR) is 49.5 cm³/mol. The molecular weight excluding hydrogens is 162 g/mol. The van der Waals surface area contributed by atoms with Crippen LogP contribution in [0.4, 0.5) is 0 Å². The number of nitrogens with zero attached hydrogens (tertiary/aromatic N) is 2. The quantitative estimate of drug-likeness (QED) is 0.631. The number of rotatable bonds is 1. The fraction of sp³-hybridized carbons (Fsp3) is 0.200. The normalized spacial score (nSPS) is 8.31. The van der Waals surface area contributed by atoms with Crippen molar-refractivity contribution in [2.45, 2.75) is 6.42 Å². The molecule has 0 saturated heterocycles. The van der Waals surface area contributed by atoms with E-state index >= 15 is 0 Å². The molecule has 0 bridgehead atoms. The van der Waals surface area contributed by atoms with E-state index in [9.17, 15) is 0 Å². The van der Waals surface area contributed by atoms with Gasteiger partial charge in [-0.25, -0.2) is 4.98 Å². The van der Waals surface area contributed by atoms with Crippen LogP contribution in [0.15, 0.2) is 18.3 Å². The molecule has 1 rings (SSSR count). The molecule has 3 nitrogen and oxygen atoms in total. The van der Waals surface area contributed by atoms with Crippen molar-refractivity contribution in [2.75, 3.05) is 6.54 Å². The molecule has 0 radical (unpaired) electrons. The summed E-state index contributed by atoms with van der Waals surface area (Å²) in [6.07, 6.45) is 2.27. The summed E-state index contributed by atoms with van der Waals surface area (Å²) in [5.41, 5.74) is 6.50. The van der Waals surface area contributed by atoms with Crippen LogP contribution in [-0.2, 0) is 0 Å². The second kappa shape index (κ2) is 4.92. The molecule has 0 amide bonds. The molecular formula is C10H9N3. The molecule has 0 atom stereocenters. The molecule has 0 fully saturated rings. The number of pyridine rings is 1. The van der Waals surface area contributed by atoms with Crippen molar-refractivity contribution >= 4 is 0 Å². The number of nitriles is 1. The number of hydrogen-bond donors (Lipinski definition) is 1. The highest BCUT2D eigenvalue weighted by Gasteiger charge is 1.89. The molecule has 1 heterocycles. The topological polar surface area (TPSA) is 62.7 Å². The van der Waals surface area contributed by atoms with Crippen LogP contribution in [-0.4, -0.2) is 11.5 Å². The number of hydrogen-bond acceptors (Lipinski definition) is 3. The van der Waals surface area contributed by atoms with Gasteiger partial charge in [0.25, 0.3) is 0 Å². The minimum Gasteiger partial charge on any atom is -0.330 e. The van der Waals surface area contributed by atoms with E-state index in [-0.39, 0.29) is 0 Å². The zero-order valence-corrected chi connectivity index (χ0v) is 7.12. The summed E-state index contributed by atoms with van der Waals surface area (Å²) in [4.78, 5) is 3.88. The van der Waals surface area contributed by atoms with Crippen LogP contribution >= 0.6 is 0 Å². The van der Waals surface area contributed by atoms with Crippen LogP contribution in [0.1, 0.15) is 17.7 Å². The molecule has 2 N–H and O–H groups in total. The first kappa shape index (κ1) is 9.25. The van der Waals surface area contributed by atoms with Gasteiger partial charge in [0, 0.05) is 24.7 Å². The first-order valence-electron chi connectivity index (χ1n) is 3.92. The maximum atomic E-state index is 8.48. The fourth-order valence-corrected chi connectivity index (χ4v) is 0.771. The maximum Gasteiger partial charge on any atom is 0.140 e. The van der Waals surface area contributed by atoms with E-state index in [4.69, 9.17) is 11.0 Å². The Morgan fingerprint density at radius 3 is 2.85 bits per heavy atom. The highest BCUT2D eigenvalue weighted by atomic mass is 14.7. The molecule has 13 heavy (non-hydrogen) atoms. The van der Waals surface area contributed by atoms with E-state index in [2.05, 4.69) is 16.8 Å². The Kier molecular flexibility index (Phi) is 3.50. The van der Waals surface area contributed by atoms with Crippen molar-refractivity contribution < 1.29 is 0 Å². The van der Waals surface area contributed by atoms with Gasteiger partial charge in [0.05, 0.1) is 0 Å². The summed E-state index contributed by atoms with van der Waals surface area (Å²) in [7, 11) is 0. The van der Waals surface area contributed by atoms with Crippen molar-refractivity contribution in [2.24, 2.45) is 5.73 Å². The van der Waals surface area contributed by atoms with Gasteiger partial charge in [0.15, 0.2) is 0 Å².